The summed E-state index contributed by atoms with van der Waals surface area (Å²) in [4.78, 5) is 25.0. The maximum Gasteiger partial charge on any atom is 0.243 e. The molecule has 3 aliphatic rings. The zero-order valence-electron chi connectivity index (χ0n) is 15.8. The lowest BCUT2D eigenvalue weighted by molar-refractivity contribution is -0.121. The van der Waals surface area contributed by atoms with Crippen LogP contribution in [0.15, 0.2) is 35.4 Å². The first-order valence-corrected chi connectivity index (χ1v) is 11.3. The average Bonchev–Trinajstić information content (AvgIpc) is 3.11. The van der Waals surface area contributed by atoms with Crippen molar-refractivity contribution in [2.24, 2.45) is 0 Å². The zero-order chi connectivity index (χ0) is 20.2. The SMILES string of the molecule is O=C1CCC(=O)N1c1ccc(S(=O)(=O)N2CC[C@@H](n3cc(C4CC4)nn3)C2)cc1. The summed E-state index contributed by atoms with van der Waals surface area (Å²) < 4.78 is 29.3. The fraction of sp³-hybridized carbons (Fsp3) is 0.474. The van der Waals surface area contributed by atoms with Crippen LogP contribution in [0.2, 0.25) is 0 Å². The molecule has 1 saturated carbocycles. The molecule has 2 aliphatic heterocycles. The van der Waals surface area contributed by atoms with Gasteiger partial charge in [-0.1, -0.05) is 5.21 Å². The Kier molecular flexibility index (Phi) is 4.28. The van der Waals surface area contributed by atoms with Gasteiger partial charge < -0.3 is 0 Å². The van der Waals surface area contributed by atoms with Gasteiger partial charge in [-0.05, 0) is 43.5 Å². The summed E-state index contributed by atoms with van der Waals surface area (Å²) in [5.74, 6) is -0.00402. The zero-order valence-corrected chi connectivity index (χ0v) is 16.6. The number of benzene rings is 1. The Morgan fingerprint density at radius 1 is 0.966 bits per heavy atom. The molecule has 1 aromatic heterocycles. The Morgan fingerprint density at radius 2 is 1.66 bits per heavy atom. The van der Waals surface area contributed by atoms with Crippen LogP contribution >= 0.6 is 0 Å². The molecule has 1 atom stereocenters. The third-order valence-electron chi connectivity index (χ3n) is 5.81. The van der Waals surface area contributed by atoms with E-state index in [9.17, 15) is 18.0 Å². The maximum atomic E-state index is 13.0. The smallest absolute Gasteiger partial charge is 0.243 e. The third kappa shape index (κ3) is 3.25. The number of sulfonamides is 1. The van der Waals surface area contributed by atoms with Crippen LogP contribution in [0.5, 0.6) is 0 Å². The lowest BCUT2D eigenvalue weighted by Crippen LogP contribution is -2.30. The van der Waals surface area contributed by atoms with Gasteiger partial charge in [-0.15, -0.1) is 5.10 Å². The third-order valence-corrected chi connectivity index (χ3v) is 7.69. The minimum Gasteiger partial charge on any atom is -0.274 e. The number of amides is 2. The van der Waals surface area contributed by atoms with Crippen molar-refractivity contribution in [2.75, 3.05) is 18.0 Å². The summed E-state index contributed by atoms with van der Waals surface area (Å²) in [6.45, 7) is 0.761. The van der Waals surface area contributed by atoms with E-state index in [4.69, 9.17) is 0 Å². The van der Waals surface area contributed by atoms with Crippen LogP contribution in [0.25, 0.3) is 0 Å². The Hall–Kier alpha value is -2.59. The van der Waals surface area contributed by atoms with E-state index < -0.39 is 10.0 Å². The topological polar surface area (TPSA) is 105 Å². The second-order valence-corrected chi connectivity index (χ2v) is 9.76. The fourth-order valence-electron chi connectivity index (χ4n) is 3.96. The molecule has 5 rings (SSSR count). The van der Waals surface area contributed by atoms with E-state index in [-0.39, 0.29) is 35.6 Å². The van der Waals surface area contributed by atoms with E-state index >= 15 is 0 Å². The normalized spacial score (nSPS) is 23.3. The lowest BCUT2D eigenvalue weighted by atomic mass is 10.2. The lowest BCUT2D eigenvalue weighted by Gasteiger charge is -2.18. The molecule has 2 amide bonds. The highest BCUT2D eigenvalue weighted by Gasteiger charge is 2.36. The molecule has 0 unspecified atom stereocenters. The molecule has 1 aliphatic carbocycles. The van der Waals surface area contributed by atoms with Gasteiger partial charge in [0.15, 0.2) is 0 Å². The van der Waals surface area contributed by atoms with Gasteiger partial charge in [-0.2, -0.15) is 4.31 Å². The van der Waals surface area contributed by atoms with E-state index in [0.717, 1.165) is 23.4 Å². The summed E-state index contributed by atoms with van der Waals surface area (Å²) in [6, 6.07) is 5.92. The number of aromatic nitrogens is 3. The molecule has 0 bridgehead atoms. The van der Waals surface area contributed by atoms with Crippen molar-refractivity contribution in [1.82, 2.24) is 19.3 Å². The van der Waals surface area contributed by atoms with Gasteiger partial charge in [0, 0.05) is 38.0 Å². The van der Waals surface area contributed by atoms with Crippen molar-refractivity contribution in [2.45, 2.75) is 49.0 Å². The van der Waals surface area contributed by atoms with E-state index in [1.165, 1.54) is 28.6 Å². The van der Waals surface area contributed by atoms with Crippen molar-refractivity contribution in [3.05, 3.63) is 36.2 Å². The number of hydrogen-bond acceptors (Lipinski definition) is 6. The minimum absolute atomic E-state index is 0.0242. The number of nitrogens with zero attached hydrogens (tertiary/aromatic N) is 5. The first-order valence-electron chi connectivity index (χ1n) is 9.81. The minimum atomic E-state index is -3.66. The van der Waals surface area contributed by atoms with E-state index in [2.05, 4.69) is 10.3 Å². The molecule has 29 heavy (non-hydrogen) atoms. The molecular weight excluding hydrogens is 394 g/mol. The second-order valence-electron chi connectivity index (χ2n) is 7.82. The average molecular weight is 415 g/mol. The van der Waals surface area contributed by atoms with E-state index in [1.54, 1.807) is 4.68 Å². The highest BCUT2D eigenvalue weighted by atomic mass is 32.2. The Bertz CT molecular complexity index is 1060. The summed E-state index contributed by atoms with van der Waals surface area (Å²) in [5.41, 5.74) is 1.40. The van der Waals surface area contributed by atoms with Crippen molar-refractivity contribution >= 4 is 27.5 Å². The van der Waals surface area contributed by atoms with Gasteiger partial charge in [-0.3, -0.25) is 14.5 Å². The molecule has 152 valence electrons. The van der Waals surface area contributed by atoms with Crippen molar-refractivity contribution in [1.29, 1.82) is 0 Å². The Balaban J connectivity index is 1.31. The van der Waals surface area contributed by atoms with E-state index in [1.807, 2.05) is 6.20 Å². The molecular formula is C19H21N5O4S. The predicted molar refractivity (Wildman–Crippen MR) is 103 cm³/mol. The van der Waals surface area contributed by atoms with Crippen LogP contribution < -0.4 is 4.90 Å². The van der Waals surface area contributed by atoms with E-state index in [0.29, 0.717) is 31.1 Å². The number of hydrogen-bond donors (Lipinski definition) is 0. The molecule has 2 saturated heterocycles. The van der Waals surface area contributed by atoms with Crippen molar-refractivity contribution < 1.29 is 18.0 Å². The fourth-order valence-corrected chi connectivity index (χ4v) is 5.45. The summed E-state index contributed by atoms with van der Waals surface area (Å²) in [7, 11) is -3.66. The van der Waals surface area contributed by atoms with Crippen LogP contribution in [0.1, 0.15) is 49.8 Å². The van der Waals surface area contributed by atoms with Crippen LogP contribution in [-0.4, -0.2) is 52.6 Å². The van der Waals surface area contributed by atoms with Crippen LogP contribution in [0.4, 0.5) is 5.69 Å². The number of carbonyl (C=O) groups excluding carboxylic acids is 2. The number of carbonyl (C=O) groups is 2. The first kappa shape index (κ1) is 18.4. The van der Waals surface area contributed by atoms with Gasteiger partial charge in [0.2, 0.25) is 21.8 Å². The summed E-state index contributed by atoms with van der Waals surface area (Å²) in [5, 5.41) is 8.41. The van der Waals surface area contributed by atoms with Crippen LogP contribution in [0, 0.1) is 0 Å². The van der Waals surface area contributed by atoms with Gasteiger partial charge in [-0.25, -0.2) is 13.1 Å². The molecule has 2 aromatic rings. The van der Waals surface area contributed by atoms with Crippen molar-refractivity contribution in [3.63, 3.8) is 0 Å². The van der Waals surface area contributed by atoms with Gasteiger partial charge in [0.05, 0.1) is 22.3 Å². The molecule has 9 nitrogen and oxygen atoms in total. The monoisotopic (exact) mass is 415 g/mol. The molecule has 0 radical (unpaired) electrons. The standard InChI is InChI=1S/C19H21N5O4S/c25-18-7-8-19(26)24(18)14-3-5-16(6-4-14)29(27,28)22-10-9-15(11-22)23-12-17(20-21-23)13-1-2-13/h3-6,12-13,15H,1-2,7-11H2/t15-/m1/s1. The largest absolute Gasteiger partial charge is 0.274 e. The highest BCUT2D eigenvalue weighted by molar-refractivity contribution is 7.89. The van der Waals surface area contributed by atoms with Gasteiger partial charge in [0.25, 0.3) is 0 Å². The Morgan fingerprint density at radius 3 is 2.31 bits per heavy atom. The number of imide groups is 1. The van der Waals surface area contributed by atoms with Crippen molar-refractivity contribution in [3.8, 4) is 0 Å². The number of rotatable bonds is 5. The quantitative estimate of drug-likeness (QED) is 0.685. The molecule has 10 heteroatoms. The molecule has 0 N–H and O–H groups in total. The highest BCUT2D eigenvalue weighted by Crippen LogP contribution is 2.39. The first-order chi connectivity index (χ1) is 13.9. The summed E-state index contributed by atoms with van der Waals surface area (Å²) in [6.07, 6.45) is 5.30. The Labute approximate surface area is 168 Å². The molecule has 3 heterocycles. The predicted octanol–water partition coefficient (Wildman–Crippen LogP) is 1.44. The van der Waals surface area contributed by atoms with Crippen LogP contribution in [0.3, 0.4) is 0 Å². The van der Waals surface area contributed by atoms with Crippen LogP contribution in [-0.2, 0) is 19.6 Å². The summed E-state index contributed by atoms with van der Waals surface area (Å²) >= 11 is 0. The number of anilines is 1. The molecule has 1 aromatic carbocycles. The van der Waals surface area contributed by atoms with Gasteiger partial charge >= 0.3 is 0 Å². The van der Waals surface area contributed by atoms with Gasteiger partial charge in [0.1, 0.15) is 0 Å². The second kappa shape index (κ2) is 6.74. The molecule has 0 spiro atoms. The molecule has 3 fully saturated rings. The maximum absolute atomic E-state index is 13.0.